The van der Waals surface area contributed by atoms with Crippen LogP contribution in [0.25, 0.3) is 6.08 Å². The highest BCUT2D eigenvalue weighted by molar-refractivity contribution is 5.51. The largest absolute Gasteiger partial charge is 0.357 e. The molecule has 1 aromatic rings. The third-order valence-electron chi connectivity index (χ3n) is 2.87. The van der Waals surface area contributed by atoms with Gasteiger partial charge < -0.3 is 4.90 Å². The maximum Gasteiger partial charge on any atom is 0.128 e. The highest BCUT2D eigenvalue weighted by atomic mass is 15.2. The van der Waals surface area contributed by atoms with Gasteiger partial charge in [0, 0.05) is 19.3 Å². The molecule has 1 saturated heterocycles. The number of rotatable bonds is 3. The van der Waals surface area contributed by atoms with E-state index in [1.54, 1.807) is 0 Å². The lowest BCUT2D eigenvalue weighted by Crippen LogP contribution is -2.18. The lowest BCUT2D eigenvalue weighted by molar-refractivity contribution is 0.836. The van der Waals surface area contributed by atoms with Crippen LogP contribution < -0.4 is 4.90 Å². The molecule has 0 saturated carbocycles. The molecular formula is C14H20N2. The quantitative estimate of drug-likeness (QED) is 0.770. The third kappa shape index (κ3) is 2.84. The minimum Gasteiger partial charge on any atom is -0.357 e. The summed E-state index contributed by atoms with van der Waals surface area (Å²) in [6.45, 7) is 6.69. The molecule has 86 valence electrons. The van der Waals surface area contributed by atoms with Gasteiger partial charge in [-0.3, -0.25) is 0 Å². The smallest absolute Gasteiger partial charge is 0.128 e. The first-order chi connectivity index (χ1) is 7.75. The zero-order valence-electron chi connectivity index (χ0n) is 10.2. The summed E-state index contributed by atoms with van der Waals surface area (Å²) in [6.07, 6.45) is 8.91. The van der Waals surface area contributed by atoms with Crippen molar-refractivity contribution in [2.75, 3.05) is 18.0 Å². The van der Waals surface area contributed by atoms with Crippen LogP contribution in [0.5, 0.6) is 0 Å². The van der Waals surface area contributed by atoms with Gasteiger partial charge in [0.05, 0.1) is 0 Å². The van der Waals surface area contributed by atoms with Crippen molar-refractivity contribution in [2.45, 2.75) is 26.7 Å². The van der Waals surface area contributed by atoms with E-state index in [2.05, 4.69) is 48.0 Å². The Kier molecular flexibility index (Phi) is 3.60. The fourth-order valence-electron chi connectivity index (χ4n) is 1.93. The van der Waals surface area contributed by atoms with Gasteiger partial charge in [-0.25, -0.2) is 4.98 Å². The molecule has 0 amide bonds. The molecule has 1 aliphatic heterocycles. The predicted molar refractivity (Wildman–Crippen MR) is 69.6 cm³/mol. The van der Waals surface area contributed by atoms with Crippen molar-refractivity contribution in [3.63, 3.8) is 0 Å². The fraction of sp³-hybridized carbons (Fsp3) is 0.500. The second-order valence-corrected chi connectivity index (χ2v) is 4.75. The van der Waals surface area contributed by atoms with Crippen LogP contribution in [0.4, 0.5) is 5.82 Å². The molecule has 0 aromatic carbocycles. The van der Waals surface area contributed by atoms with E-state index < -0.39 is 0 Å². The van der Waals surface area contributed by atoms with E-state index in [0.717, 1.165) is 18.9 Å². The summed E-state index contributed by atoms with van der Waals surface area (Å²) >= 11 is 0. The van der Waals surface area contributed by atoms with Crippen molar-refractivity contribution >= 4 is 11.9 Å². The minimum absolute atomic E-state index is 0.596. The number of nitrogens with zero attached hydrogens (tertiary/aromatic N) is 2. The van der Waals surface area contributed by atoms with Gasteiger partial charge in [0.15, 0.2) is 0 Å². The summed E-state index contributed by atoms with van der Waals surface area (Å²) < 4.78 is 0. The van der Waals surface area contributed by atoms with E-state index >= 15 is 0 Å². The summed E-state index contributed by atoms with van der Waals surface area (Å²) in [5, 5.41) is 0. The number of anilines is 1. The Balaban J connectivity index is 2.04. The molecule has 0 radical (unpaired) electrons. The lowest BCUT2D eigenvalue weighted by Gasteiger charge is -2.15. The number of allylic oxidation sites excluding steroid dienone is 1. The molecular weight excluding hydrogens is 196 g/mol. The van der Waals surface area contributed by atoms with E-state index in [4.69, 9.17) is 0 Å². The molecule has 1 aliphatic rings. The molecule has 0 bridgehead atoms. The number of pyridine rings is 1. The van der Waals surface area contributed by atoms with E-state index in [1.165, 1.54) is 18.4 Å². The highest BCUT2D eigenvalue weighted by Gasteiger charge is 2.12. The topological polar surface area (TPSA) is 16.1 Å². The van der Waals surface area contributed by atoms with Crippen molar-refractivity contribution in [1.29, 1.82) is 0 Å². The number of hydrogen-bond acceptors (Lipinski definition) is 2. The Morgan fingerprint density at radius 3 is 2.56 bits per heavy atom. The van der Waals surface area contributed by atoms with Crippen molar-refractivity contribution < 1.29 is 0 Å². The summed E-state index contributed by atoms with van der Waals surface area (Å²) in [4.78, 5) is 6.87. The van der Waals surface area contributed by atoms with Gasteiger partial charge in [-0.05, 0) is 36.5 Å². The van der Waals surface area contributed by atoms with Crippen LogP contribution in [0.15, 0.2) is 24.4 Å². The summed E-state index contributed by atoms with van der Waals surface area (Å²) in [7, 11) is 0. The average molecular weight is 216 g/mol. The molecule has 0 atom stereocenters. The zero-order chi connectivity index (χ0) is 11.4. The molecule has 0 spiro atoms. The van der Waals surface area contributed by atoms with Crippen LogP contribution in [0.1, 0.15) is 32.3 Å². The highest BCUT2D eigenvalue weighted by Crippen LogP contribution is 2.18. The Morgan fingerprint density at radius 2 is 2.00 bits per heavy atom. The zero-order valence-corrected chi connectivity index (χ0v) is 10.2. The third-order valence-corrected chi connectivity index (χ3v) is 2.87. The first-order valence-corrected chi connectivity index (χ1v) is 6.15. The van der Waals surface area contributed by atoms with Crippen LogP contribution in [0.3, 0.4) is 0 Å². The van der Waals surface area contributed by atoms with Crippen molar-refractivity contribution in [3.8, 4) is 0 Å². The molecule has 2 nitrogen and oxygen atoms in total. The minimum atomic E-state index is 0.596. The van der Waals surface area contributed by atoms with Gasteiger partial charge in [0.25, 0.3) is 0 Å². The number of hydrogen-bond donors (Lipinski definition) is 0. The standard InChI is InChI=1S/C14H20N2/c1-12(2)5-6-13-7-8-14(15-11-13)16-9-3-4-10-16/h5-8,11-12H,3-4,9-10H2,1-2H3/b6-5+. The maximum absolute atomic E-state index is 4.51. The molecule has 2 heterocycles. The summed E-state index contributed by atoms with van der Waals surface area (Å²) in [5.41, 5.74) is 1.19. The monoisotopic (exact) mass is 216 g/mol. The molecule has 0 aliphatic carbocycles. The van der Waals surface area contributed by atoms with Gasteiger partial charge in [-0.2, -0.15) is 0 Å². The Hall–Kier alpha value is -1.31. The van der Waals surface area contributed by atoms with E-state index in [0.29, 0.717) is 5.92 Å². The van der Waals surface area contributed by atoms with Crippen molar-refractivity contribution in [2.24, 2.45) is 5.92 Å². The summed E-state index contributed by atoms with van der Waals surface area (Å²) in [5.74, 6) is 1.72. The van der Waals surface area contributed by atoms with Gasteiger partial charge in [0.1, 0.15) is 5.82 Å². The van der Waals surface area contributed by atoms with Gasteiger partial charge in [-0.15, -0.1) is 0 Å². The van der Waals surface area contributed by atoms with Crippen LogP contribution in [0, 0.1) is 5.92 Å². The molecule has 0 N–H and O–H groups in total. The lowest BCUT2D eigenvalue weighted by atomic mass is 10.1. The van der Waals surface area contributed by atoms with Crippen LogP contribution in [-0.4, -0.2) is 18.1 Å². The molecule has 1 aromatic heterocycles. The van der Waals surface area contributed by atoms with Gasteiger partial charge in [0.2, 0.25) is 0 Å². The van der Waals surface area contributed by atoms with Gasteiger partial charge >= 0.3 is 0 Å². The Labute approximate surface area is 98.0 Å². The SMILES string of the molecule is CC(C)/C=C/c1ccc(N2CCCC2)nc1. The molecule has 1 fully saturated rings. The Bertz CT molecular complexity index is 346. The molecule has 0 unspecified atom stereocenters. The number of aromatic nitrogens is 1. The normalized spacial score (nSPS) is 16.6. The summed E-state index contributed by atoms with van der Waals surface area (Å²) in [6, 6.07) is 4.28. The average Bonchev–Trinajstić information content (AvgIpc) is 2.80. The fourth-order valence-corrected chi connectivity index (χ4v) is 1.93. The van der Waals surface area contributed by atoms with Gasteiger partial charge in [-0.1, -0.05) is 26.0 Å². The Morgan fingerprint density at radius 1 is 1.25 bits per heavy atom. The molecule has 16 heavy (non-hydrogen) atoms. The van der Waals surface area contributed by atoms with E-state index in [1.807, 2.05) is 6.20 Å². The van der Waals surface area contributed by atoms with E-state index in [-0.39, 0.29) is 0 Å². The van der Waals surface area contributed by atoms with Crippen molar-refractivity contribution in [1.82, 2.24) is 4.98 Å². The van der Waals surface area contributed by atoms with Crippen molar-refractivity contribution in [3.05, 3.63) is 30.0 Å². The van der Waals surface area contributed by atoms with Crippen LogP contribution in [-0.2, 0) is 0 Å². The van der Waals surface area contributed by atoms with E-state index in [9.17, 15) is 0 Å². The first-order valence-electron chi connectivity index (χ1n) is 6.15. The maximum atomic E-state index is 4.51. The van der Waals surface area contributed by atoms with Crippen LogP contribution in [0.2, 0.25) is 0 Å². The first kappa shape index (κ1) is 11.2. The second kappa shape index (κ2) is 5.15. The van der Waals surface area contributed by atoms with Crippen LogP contribution >= 0.6 is 0 Å². The predicted octanol–water partition coefficient (Wildman–Crippen LogP) is 3.35. The second-order valence-electron chi connectivity index (χ2n) is 4.75. The molecule has 2 rings (SSSR count). The molecule has 2 heteroatoms.